The molecule has 1 aromatic heterocycles. The smallest absolute Gasteiger partial charge is 0.262 e. The molecule has 0 amide bonds. The molecule has 2 aromatic rings. The second kappa shape index (κ2) is 7.78. The number of hydrogen-bond acceptors (Lipinski definition) is 5. The van der Waals surface area contributed by atoms with Gasteiger partial charge in [0.2, 0.25) is 0 Å². The summed E-state index contributed by atoms with van der Waals surface area (Å²) in [6.07, 6.45) is 1.69. The molecule has 0 atom stereocenters. The number of methoxy groups -OCH3 is 1. The summed E-state index contributed by atoms with van der Waals surface area (Å²) in [6, 6.07) is 8.86. The quantitative estimate of drug-likeness (QED) is 0.716. The molecule has 2 rings (SSSR count). The summed E-state index contributed by atoms with van der Waals surface area (Å²) >= 11 is 0. The highest BCUT2D eigenvalue weighted by molar-refractivity contribution is 7.89. The van der Waals surface area contributed by atoms with E-state index in [9.17, 15) is 8.42 Å². The summed E-state index contributed by atoms with van der Waals surface area (Å²) in [5, 5.41) is 4.25. The Morgan fingerprint density at radius 1 is 1.12 bits per heavy atom. The van der Waals surface area contributed by atoms with Gasteiger partial charge in [0.25, 0.3) is 10.0 Å². The van der Waals surface area contributed by atoms with Crippen LogP contribution in [0.2, 0.25) is 0 Å². The molecule has 0 N–H and O–H groups in total. The van der Waals surface area contributed by atoms with E-state index in [1.54, 1.807) is 25.0 Å². The highest BCUT2D eigenvalue weighted by Gasteiger charge is 2.23. The van der Waals surface area contributed by atoms with Gasteiger partial charge in [-0.1, -0.05) is 12.1 Å². The summed E-state index contributed by atoms with van der Waals surface area (Å²) in [4.78, 5) is 2.02. The minimum Gasteiger partial charge on any atom is -0.497 e. The maximum absolute atomic E-state index is 12.6. The molecule has 0 bridgehead atoms. The molecule has 1 heterocycles. The van der Waals surface area contributed by atoms with Crippen molar-refractivity contribution in [3.8, 4) is 5.75 Å². The van der Waals surface area contributed by atoms with Crippen molar-refractivity contribution in [2.45, 2.75) is 18.1 Å². The van der Waals surface area contributed by atoms with Gasteiger partial charge in [-0.2, -0.15) is 9.40 Å². The maximum Gasteiger partial charge on any atom is 0.262 e. The van der Waals surface area contributed by atoms with Gasteiger partial charge in [-0.3, -0.25) is 4.68 Å². The van der Waals surface area contributed by atoms with E-state index in [1.807, 2.05) is 43.3 Å². The fourth-order valence-corrected chi connectivity index (χ4v) is 3.22. The zero-order chi connectivity index (χ0) is 17.7. The number of benzene rings is 1. The van der Waals surface area contributed by atoms with E-state index in [-0.39, 0.29) is 11.6 Å². The van der Waals surface area contributed by atoms with E-state index in [0.29, 0.717) is 6.54 Å². The zero-order valence-corrected chi connectivity index (χ0v) is 15.3. The minimum absolute atomic E-state index is 0.0669. The summed E-state index contributed by atoms with van der Waals surface area (Å²) < 4.78 is 33.3. The molecule has 8 heteroatoms. The molecular weight excluding hydrogens is 328 g/mol. The van der Waals surface area contributed by atoms with Crippen LogP contribution in [0.25, 0.3) is 0 Å². The first-order valence-corrected chi connectivity index (χ1v) is 9.04. The van der Waals surface area contributed by atoms with Crippen molar-refractivity contribution in [3.63, 3.8) is 0 Å². The lowest BCUT2D eigenvalue weighted by molar-refractivity contribution is 0.371. The van der Waals surface area contributed by atoms with Crippen LogP contribution in [-0.4, -0.2) is 62.2 Å². The Bertz CT molecular complexity index is 754. The Morgan fingerprint density at radius 2 is 1.79 bits per heavy atom. The predicted molar refractivity (Wildman–Crippen MR) is 92.4 cm³/mol. The van der Waals surface area contributed by atoms with Crippen molar-refractivity contribution in [2.24, 2.45) is 0 Å². The lowest BCUT2D eigenvalue weighted by Crippen LogP contribution is -2.27. The van der Waals surface area contributed by atoms with Gasteiger partial charge in [0, 0.05) is 26.3 Å². The van der Waals surface area contributed by atoms with Crippen LogP contribution in [0.4, 0.5) is 0 Å². The van der Waals surface area contributed by atoms with Crippen LogP contribution >= 0.6 is 0 Å². The van der Waals surface area contributed by atoms with Crippen molar-refractivity contribution in [3.05, 3.63) is 42.1 Å². The molecule has 0 unspecified atom stereocenters. The molecule has 132 valence electrons. The Morgan fingerprint density at radius 3 is 2.38 bits per heavy atom. The number of sulfonamides is 1. The number of ether oxygens (including phenoxy) is 1. The van der Waals surface area contributed by atoms with Crippen molar-refractivity contribution >= 4 is 10.0 Å². The highest BCUT2D eigenvalue weighted by atomic mass is 32.2. The van der Waals surface area contributed by atoms with Gasteiger partial charge < -0.3 is 9.64 Å². The number of hydrogen-bond donors (Lipinski definition) is 0. The maximum atomic E-state index is 12.6. The van der Waals surface area contributed by atoms with Crippen molar-refractivity contribution in [1.29, 1.82) is 0 Å². The first-order valence-electron chi connectivity index (χ1n) is 7.60. The SMILES string of the molecule is COc1ccc(CN(C)S(=O)(=O)c2ccn(CCN(C)C)n2)cc1. The molecular formula is C16H24N4O3S. The summed E-state index contributed by atoms with van der Waals surface area (Å²) in [5.41, 5.74) is 0.883. The van der Waals surface area contributed by atoms with Crippen LogP contribution in [0, 0.1) is 0 Å². The third-order valence-electron chi connectivity index (χ3n) is 3.63. The molecule has 0 aliphatic rings. The van der Waals surface area contributed by atoms with E-state index in [4.69, 9.17) is 4.74 Å². The van der Waals surface area contributed by atoms with Gasteiger partial charge in [-0.05, 0) is 37.9 Å². The summed E-state index contributed by atoms with van der Waals surface area (Å²) in [6.45, 7) is 1.71. The fraction of sp³-hybridized carbons (Fsp3) is 0.438. The van der Waals surface area contributed by atoms with Crippen LogP contribution in [0.1, 0.15) is 5.56 Å². The molecule has 0 saturated heterocycles. The molecule has 0 fully saturated rings. The number of aromatic nitrogens is 2. The van der Waals surface area contributed by atoms with E-state index in [2.05, 4.69) is 5.10 Å². The van der Waals surface area contributed by atoms with E-state index in [0.717, 1.165) is 17.9 Å². The second-order valence-corrected chi connectivity index (χ2v) is 7.82. The van der Waals surface area contributed by atoms with Crippen LogP contribution in [0.15, 0.2) is 41.6 Å². The van der Waals surface area contributed by atoms with Crippen molar-refractivity contribution in [1.82, 2.24) is 19.0 Å². The van der Waals surface area contributed by atoms with Crippen LogP contribution < -0.4 is 4.74 Å². The topological polar surface area (TPSA) is 67.7 Å². The Kier molecular flexibility index (Phi) is 5.98. The van der Waals surface area contributed by atoms with Gasteiger partial charge in [0.15, 0.2) is 5.03 Å². The lowest BCUT2D eigenvalue weighted by atomic mass is 10.2. The molecule has 7 nitrogen and oxygen atoms in total. The Hall–Kier alpha value is -1.90. The highest BCUT2D eigenvalue weighted by Crippen LogP contribution is 2.17. The number of likely N-dealkylation sites (N-methyl/N-ethyl adjacent to an activating group) is 1. The van der Waals surface area contributed by atoms with E-state index >= 15 is 0 Å². The van der Waals surface area contributed by atoms with Gasteiger partial charge in [0.1, 0.15) is 5.75 Å². The summed E-state index contributed by atoms with van der Waals surface area (Å²) in [7, 11) is 3.46. The van der Waals surface area contributed by atoms with Gasteiger partial charge in [-0.25, -0.2) is 8.42 Å². The molecule has 0 spiro atoms. The summed E-state index contributed by atoms with van der Waals surface area (Å²) in [5.74, 6) is 0.740. The average molecular weight is 352 g/mol. The first kappa shape index (κ1) is 18.4. The lowest BCUT2D eigenvalue weighted by Gasteiger charge is -2.16. The molecule has 0 saturated carbocycles. The largest absolute Gasteiger partial charge is 0.497 e. The van der Waals surface area contributed by atoms with Crippen molar-refractivity contribution in [2.75, 3.05) is 34.8 Å². The van der Waals surface area contributed by atoms with Gasteiger partial charge in [0.05, 0.1) is 13.7 Å². The number of rotatable bonds is 8. The standard InChI is InChI=1S/C16H24N4O3S/c1-18(2)11-12-20-10-9-16(17-20)24(21,22)19(3)13-14-5-7-15(23-4)8-6-14/h5-10H,11-13H2,1-4H3. The monoisotopic (exact) mass is 352 g/mol. The zero-order valence-electron chi connectivity index (χ0n) is 14.5. The molecule has 0 aliphatic carbocycles. The third kappa shape index (κ3) is 4.56. The van der Waals surface area contributed by atoms with E-state index < -0.39 is 10.0 Å². The Balaban J connectivity index is 2.07. The first-order chi connectivity index (χ1) is 11.3. The predicted octanol–water partition coefficient (Wildman–Crippen LogP) is 1.27. The van der Waals surface area contributed by atoms with Crippen LogP contribution in [0.5, 0.6) is 5.75 Å². The van der Waals surface area contributed by atoms with Crippen molar-refractivity contribution < 1.29 is 13.2 Å². The minimum atomic E-state index is -3.61. The average Bonchev–Trinajstić information content (AvgIpc) is 3.03. The third-order valence-corrected chi connectivity index (χ3v) is 5.33. The van der Waals surface area contributed by atoms with Gasteiger partial charge >= 0.3 is 0 Å². The van der Waals surface area contributed by atoms with E-state index in [1.165, 1.54) is 10.4 Å². The van der Waals surface area contributed by atoms with Crippen LogP contribution in [0.3, 0.4) is 0 Å². The molecule has 0 radical (unpaired) electrons. The normalized spacial score (nSPS) is 12.1. The van der Waals surface area contributed by atoms with Gasteiger partial charge in [-0.15, -0.1) is 0 Å². The van der Waals surface area contributed by atoms with Crippen LogP contribution in [-0.2, 0) is 23.1 Å². The second-order valence-electron chi connectivity index (χ2n) is 5.83. The molecule has 0 aliphatic heterocycles. The Labute approximate surface area is 143 Å². The molecule has 1 aromatic carbocycles. The number of nitrogens with zero attached hydrogens (tertiary/aromatic N) is 4. The molecule has 24 heavy (non-hydrogen) atoms. The fourth-order valence-electron chi connectivity index (χ4n) is 2.14.